The standard InChI is InChI=1S/C9H9IN2O4S/c10-6-1-4(3-17-6)8(14)12-5(9(15)16)2-7(11)13/h1,3,5H,2H2,(H2,11,13)(H,12,14)(H,15,16). The minimum absolute atomic E-state index is 0.370. The molecule has 0 radical (unpaired) electrons. The van der Waals surface area contributed by atoms with Crippen LogP contribution in [0.5, 0.6) is 0 Å². The number of halogens is 1. The van der Waals surface area contributed by atoms with E-state index in [9.17, 15) is 14.4 Å². The molecule has 1 aromatic heterocycles. The van der Waals surface area contributed by atoms with Crippen molar-refractivity contribution in [1.29, 1.82) is 0 Å². The number of rotatable bonds is 5. The number of nitrogens with two attached hydrogens (primary N) is 1. The Labute approximate surface area is 114 Å². The van der Waals surface area contributed by atoms with Crippen LogP contribution < -0.4 is 11.1 Å². The van der Waals surface area contributed by atoms with Crippen molar-refractivity contribution in [1.82, 2.24) is 5.32 Å². The Kier molecular flexibility index (Phi) is 4.87. The fraction of sp³-hybridized carbons (Fsp3) is 0.222. The first-order chi connectivity index (χ1) is 7.90. The Morgan fingerprint density at radius 1 is 1.53 bits per heavy atom. The van der Waals surface area contributed by atoms with E-state index in [-0.39, 0.29) is 0 Å². The number of aliphatic carboxylic acids is 1. The van der Waals surface area contributed by atoms with Crippen molar-refractivity contribution >= 4 is 51.7 Å². The predicted octanol–water partition coefficient (Wildman–Crippen LogP) is 0.411. The van der Waals surface area contributed by atoms with Gasteiger partial charge in [0, 0.05) is 5.38 Å². The maximum Gasteiger partial charge on any atom is 0.326 e. The predicted molar refractivity (Wildman–Crippen MR) is 69.7 cm³/mol. The molecule has 92 valence electrons. The second kappa shape index (κ2) is 5.96. The first-order valence-corrected chi connectivity index (χ1v) is 6.42. The fourth-order valence-electron chi connectivity index (χ4n) is 1.07. The molecule has 0 fully saturated rings. The van der Waals surface area contributed by atoms with Crippen molar-refractivity contribution in [3.05, 3.63) is 19.9 Å². The molecule has 0 aliphatic rings. The van der Waals surface area contributed by atoms with Gasteiger partial charge in [0.2, 0.25) is 5.91 Å². The van der Waals surface area contributed by atoms with Gasteiger partial charge in [-0.05, 0) is 28.7 Å². The largest absolute Gasteiger partial charge is 0.480 e. The first kappa shape index (κ1) is 13.9. The molecular weight excluding hydrogens is 359 g/mol. The van der Waals surface area contributed by atoms with Crippen LogP contribution in [0.4, 0.5) is 0 Å². The van der Waals surface area contributed by atoms with Gasteiger partial charge in [0.25, 0.3) is 5.91 Å². The second-order valence-electron chi connectivity index (χ2n) is 3.17. The van der Waals surface area contributed by atoms with E-state index in [2.05, 4.69) is 5.32 Å². The summed E-state index contributed by atoms with van der Waals surface area (Å²) in [6, 6.07) is 0.335. The molecule has 1 atom stereocenters. The Bertz CT molecular complexity index is 460. The zero-order chi connectivity index (χ0) is 13.0. The van der Waals surface area contributed by atoms with Gasteiger partial charge >= 0.3 is 5.97 Å². The van der Waals surface area contributed by atoms with Crippen molar-refractivity contribution in [2.75, 3.05) is 0 Å². The zero-order valence-corrected chi connectivity index (χ0v) is 11.4. The molecule has 17 heavy (non-hydrogen) atoms. The summed E-state index contributed by atoms with van der Waals surface area (Å²) in [5.41, 5.74) is 5.27. The number of primary amides is 1. The minimum Gasteiger partial charge on any atom is -0.480 e. The van der Waals surface area contributed by atoms with Crippen LogP contribution in [-0.4, -0.2) is 28.9 Å². The molecule has 1 unspecified atom stereocenters. The Morgan fingerprint density at radius 2 is 2.18 bits per heavy atom. The van der Waals surface area contributed by atoms with Gasteiger partial charge in [0.05, 0.1) is 14.9 Å². The number of carboxylic acid groups (broad SMARTS) is 1. The van der Waals surface area contributed by atoms with E-state index in [4.69, 9.17) is 10.8 Å². The van der Waals surface area contributed by atoms with E-state index in [1.54, 1.807) is 11.4 Å². The maximum atomic E-state index is 11.6. The summed E-state index contributed by atoms with van der Waals surface area (Å²) in [5, 5.41) is 12.7. The van der Waals surface area contributed by atoms with Crippen LogP contribution >= 0.6 is 33.9 Å². The van der Waals surface area contributed by atoms with Gasteiger partial charge in [0.15, 0.2) is 0 Å². The van der Waals surface area contributed by atoms with Crippen LogP contribution in [0.1, 0.15) is 16.8 Å². The summed E-state index contributed by atoms with van der Waals surface area (Å²) < 4.78 is 0.912. The van der Waals surface area contributed by atoms with Crippen LogP contribution in [0.15, 0.2) is 11.4 Å². The molecule has 2 amide bonds. The highest BCUT2D eigenvalue weighted by atomic mass is 127. The number of carbonyl (C=O) groups excluding carboxylic acids is 2. The molecule has 1 rings (SSSR count). The molecule has 0 aromatic carbocycles. The number of thiophene rings is 1. The molecule has 0 aliphatic carbocycles. The smallest absolute Gasteiger partial charge is 0.326 e. The SMILES string of the molecule is NC(=O)CC(NC(=O)c1csc(I)c1)C(=O)O. The summed E-state index contributed by atoms with van der Waals surface area (Å²) in [5.74, 6) is -2.60. The maximum absolute atomic E-state index is 11.6. The summed E-state index contributed by atoms with van der Waals surface area (Å²) >= 11 is 3.42. The van der Waals surface area contributed by atoms with Crippen molar-refractivity contribution in [3.63, 3.8) is 0 Å². The molecular formula is C9H9IN2O4S. The number of nitrogens with one attached hydrogen (secondary N) is 1. The average Bonchev–Trinajstić information content (AvgIpc) is 2.63. The summed E-state index contributed by atoms with van der Waals surface area (Å²) in [4.78, 5) is 33.1. The van der Waals surface area contributed by atoms with Crippen LogP contribution in [0, 0.1) is 2.88 Å². The lowest BCUT2D eigenvalue weighted by Crippen LogP contribution is -2.43. The van der Waals surface area contributed by atoms with E-state index in [1.165, 1.54) is 11.3 Å². The molecule has 0 saturated heterocycles. The normalized spacial score (nSPS) is 11.8. The number of hydrogen-bond donors (Lipinski definition) is 3. The summed E-state index contributed by atoms with van der Waals surface area (Å²) in [6.45, 7) is 0. The number of amides is 2. The third kappa shape index (κ3) is 4.30. The molecule has 0 spiro atoms. The van der Waals surface area contributed by atoms with Gasteiger partial charge in [-0.2, -0.15) is 0 Å². The minimum atomic E-state index is -1.29. The zero-order valence-electron chi connectivity index (χ0n) is 8.47. The van der Waals surface area contributed by atoms with E-state index in [1.807, 2.05) is 22.6 Å². The van der Waals surface area contributed by atoms with Gasteiger partial charge in [0.1, 0.15) is 6.04 Å². The lowest BCUT2D eigenvalue weighted by atomic mass is 10.2. The molecule has 4 N–H and O–H groups in total. The Balaban J connectivity index is 2.70. The van der Waals surface area contributed by atoms with Crippen LogP contribution in [0.3, 0.4) is 0 Å². The highest BCUT2D eigenvalue weighted by Gasteiger charge is 2.22. The van der Waals surface area contributed by atoms with Gasteiger partial charge in [-0.15, -0.1) is 11.3 Å². The van der Waals surface area contributed by atoms with Crippen LogP contribution in [0.25, 0.3) is 0 Å². The molecule has 1 aromatic rings. The van der Waals surface area contributed by atoms with Crippen LogP contribution in [0.2, 0.25) is 0 Å². The quantitative estimate of drug-likeness (QED) is 0.654. The lowest BCUT2D eigenvalue weighted by molar-refractivity contribution is -0.140. The second-order valence-corrected chi connectivity index (χ2v) is 5.98. The van der Waals surface area contributed by atoms with Crippen molar-refractivity contribution in [2.24, 2.45) is 5.73 Å². The topological polar surface area (TPSA) is 109 Å². The average molecular weight is 368 g/mol. The summed E-state index contributed by atoms with van der Waals surface area (Å²) in [6.07, 6.45) is -0.428. The molecule has 8 heteroatoms. The molecule has 6 nitrogen and oxygen atoms in total. The van der Waals surface area contributed by atoms with Crippen molar-refractivity contribution in [2.45, 2.75) is 12.5 Å². The summed E-state index contributed by atoms with van der Waals surface area (Å²) in [7, 11) is 0. The van der Waals surface area contributed by atoms with E-state index in [0.717, 1.165) is 2.88 Å². The van der Waals surface area contributed by atoms with Crippen molar-refractivity contribution < 1.29 is 19.5 Å². The first-order valence-electron chi connectivity index (χ1n) is 4.46. The highest BCUT2D eigenvalue weighted by Crippen LogP contribution is 2.16. The highest BCUT2D eigenvalue weighted by molar-refractivity contribution is 14.1. The number of hydrogen-bond acceptors (Lipinski definition) is 4. The molecule has 0 saturated carbocycles. The Morgan fingerprint density at radius 3 is 2.59 bits per heavy atom. The molecule has 1 heterocycles. The monoisotopic (exact) mass is 368 g/mol. The van der Waals surface area contributed by atoms with Crippen molar-refractivity contribution in [3.8, 4) is 0 Å². The third-order valence-corrected chi connectivity index (χ3v) is 3.63. The molecule has 0 bridgehead atoms. The van der Waals surface area contributed by atoms with Crippen LogP contribution in [-0.2, 0) is 9.59 Å². The van der Waals surface area contributed by atoms with Gasteiger partial charge < -0.3 is 16.2 Å². The lowest BCUT2D eigenvalue weighted by Gasteiger charge is -2.11. The fourth-order valence-corrected chi connectivity index (χ4v) is 2.40. The molecule has 0 aliphatic heterocycles. The van der Waals surface area contributed by atoms with Gasteiger partial charge in [-0.25, -0.2) is 4.79 Å². The third-order valence-electron chi connectivity index (χ3n) is 1.84. The number of carboxylic acids is 1. The van der Waals surface area contributed by atoms with Gasteiger partial charge in [-0.3, -0.25) is 9.59 Å². The van der Waals surface area contributed by atoms with E-state index >= 15 is 0 Å². The van der Waals surface area contributed by atoms with Gasteiger partial charge in [-0.1, -0.05) is 0 Å². The Hall–Kier alpha value is -1.16. The van der Waals surface area contributed by atoms with E-state index in [0.29, 0.717) is 5.56 Å². The van der Waals surface area contributed by atoms with E-state index < -0.39 is 30.2 Å². The number of carbonyl (C=O) groups is 3.